The first kappa shape index (κ1) is 16.0. The number of benzene rings is 1. The lowest BCUT2D eigenvalue weighted by atomic mass is 10.2. The van der Waals surface area contributed by atoms with Gasteiger partial charge in [0.05, 0.1) is 16.3 Å². The van der Waals surface area contributed by atoms with Crippen molar-refractivity contribution >= 4 is 63.7 Å². The highest BCUT2D eigenvalue weighted by molar-refractivity contribution is 7.80. The Kier molecular flexibility index (Phi) is 5.36. The summed E-state index contributed by atoms with van der Waals surface area (Å²) < 4.78 is 0. The molecule has 1 aromatic carbocycles. The van der Waals surface area contributed by atoms with Crippen LogP contribution in [0, 0.1) is 0 Å². The molecule has 0 aliphatic heterocycles. The fourth-order valence-corrected chi connectivity index (χ4v) is 2.34. The summed E-state index contributed by atoms with van der Waals surface area (Å²) in [4.78, 5) is 15.9. The number of hydrogen-bond donors (Lipinski definition) is 2. The molecule has 1 amide bonds. The SMILES string of the molecule is O=C(NC(=S)Nc1cccnc1Cl)c1ccc(Cl)cc1Cl. The Labute approximate surface area is 141 Å². The molecule has 0 saturated carbocycles. The zero-order chi connectivity index (χ0) is 15.4. The van der Waals surface area contributed by atoms with Crippen molar-refractivity contribution in [2.75, 3.05) is 5.32 Å². The van der Waals surface area contributed by atoms with Crippen molar-refractivity contribution in [3.8, 4) is 0 Å². The van der Waals surface area contributed by atoms with E-state index in [9.17, 15) is 4.79 Å². The Hall–Kier alpha value is -1.40. The van der Waals surface area contributed by atoms with Crippen LogP contribution in [0.25, 0.3) is 0 Å². The van der Waals surface area contributed by atoms with E-state index in [0.29, 0.717) is 10.7 Å². The number of rotatable bonds is 2. The fraction of sp³-hybridized carbons (Fsp3) is 0. The average molecular weight is 361 g/mol. The summed E-state index contributed by atoms with van der Waals surface area (Å²) in [7, 11) is 0. The van der Waals surface area contributed by atoms with Gasteiger partial charge in [0.25, 0.3) is 5.91 Å². The van der Waals surface area contributed by atoms with Gasteiger partial charge in [0.2, 0.25) is 0 Å². The highest BCUT2D eigenvalue weighted by atomic mass is 35.5. The van der Waals surface area contributed by atoms with Crippen LogP contribution in [-0.4, -0.2) is 16.0 Å². The summed E-state index contributed by atoms with van der Waals surface area (Å²) in [6, 6.07) is 7.93. The third-order valence-corrected chi connectivity index (χ3v) is 3.46. The summed E-state index contributed by atoms with van der Waals surface area (Å²) in [5, 5.41) is 6.29. The van der Waals surface area contributed by atoms with Crippen LogP contribution in [0.5, 0.6) is 0 Å². The number of aromatic nitrogens is 1. The van der Waals surface area contributed by atoms with Gasteiger partial charge in [0.1, 0.15) is 0 Å². The van der Waals surface area contributed by atoms with E-state index in [1.807, 2.05) is 0 Å². The Morgan fingerprint density at radius 1 is 1.19 bits per heavy atom. The number of amides is 1. The minimum Gasteiger partial charge on any atom is -0.330 e. The molecule has 0 atom stereocenters. The van der Waals surface area contributed by atoms with Crippen LogP contribution in [0.3, 0.4) is 0 Å². The number of pyridine rings is 1. The molecule has 0 radical (unpaired) electrons. The Balaban J connectivity index is 2.06. The Bertz CT molecular complexity index is 709. The quantitative estimate of drug-likeness (QED) is 0.623. The van der Waals surface area contributed by atoms with Crippen molar-refractivity contribution in [2.45, 2.75) is 0 Å². The predicted molar refractivity (Wildman–Crippen MR) is 89.4 cm³/mol. The molecule has 1 aromatic heterocycles. The topological polar surface area (TPSA) is 54.0 Å². The van der Waals surface area contributed by atoms with Crippen LogP contribution in [0.15, 0.2) is 36.5 Å². The van der Waals surface area contributed by atoms with E-state index in [4.69, 9.17) is 47.0 Å². The van der Waals surface area contributed by atoms with E-state index in [1.54, 1.807) is 24.4 Å². The molecule has 4 nitrogen and oxygen atoms in total. The van der Waals surface area contributed by atoms with Crippen molar-refractivity contribution in [1.82, 2.24) is 10.3 Å². The largest absolute Gasteiger partial charge is 0.330 e. The Morgan fingerprint density at radius 3 is 2.62 bits per heavy atom. The second-order valence-electron chi connectivity index (χ2n) is 3.87. The van der Waals surface area contributed by atoms with E-state index in [0.717, 1.165) is 0 Å². The van der Waals surface area contributed by atoms with Crippen molar-refractivity contribution in [2.24, 2.45) is 0 Å². The molecule has 21 heavy (non-hydrogen) atoms. The fourth-order valence-electron chi connectivity index (χ4n) is 1.48. The molecular formula is C13H8Cl3N3OS. The number of halogens is 3. The molecular weight excluding hydrogens is 353 g/mol. The average Bonchev–Trinajstić information content (AvgIpc) is 2.41. The number of nitrogens with one attached hydrogen (secondary N) is 2. The summed E-state index contributed by atoms with van der Waals surface area (Å²) in [6.45, 7) is 0. The van der Waals surface area contributed by atoms with Crippen LogP contribution < -0.4 is 10.6 Å². The number of carbonyl (C=O) groups excluding carboxylic acids is 1. The van der Waals surface area contributed by atoms with Gasteiger partial charge in [0, 0.05) is 11.2 Å². The van der Waals surface area contributed by atoms with E-state index in [-0.39, 0.29) is 20.9 Å². The standard InChI is InChI=1S/C13H8Cl3N3OS/c14-7-3-4-8(9(15)6-7)12(20)19-13(21)18-10-2-1-5-17-11(10)16/h1-6H,(H2,18,19,20,21). The Morgan fingerprint density at radius 2 is 1.95 bits per heavy atom. The van der Waals surface area contributed by atoms with E-state index in [2.05, 4.69) is 15.6 Å². The summed E-state index contributed by atoms with van der Waals surface area (Å²) in [6.07, 6.45) is 1.54. The highest BCUT2D eigenvalue weighted by Crippen LogP contribution is 2.21. The zero-order valence-electron chi connectivity index (χ0n) is 10.4. The molecule has 1 heterocycles. The molecule has 0 saturated heterocycles. The van der Waals surface area contributed by atoms with Crippen molar-refractivity contribution < 1.29 is 4.79 Å². The van der Waals surface area contributed by atoms with Crippen molar-refractivity contribution in [3.05, 3.63) is 57.3 Å². The number of hydrogen-bond acceptors (Lipinski definition) is 3. The van der Waals surface area contributed by atoms with Crippen LogP contribution in [0.1, 0.15) is 10.4 Å². The normalized spacial score (nSPS) is 10.0. The molecule has 0 spiro atoms. The van der Waals surface area contributed by atoms with Gasteiger partial charge in [-0.1, -0.05) is 34.8 Å². The minimum atomic E-state index is -0.450. The molecule has 0 aliphatic rings. The van der Waals surface area contributed by atoms with Crippen molar-refractivity contribution in [1.29, 1.82) is 0 Å². The zero-order valence-corrected chi connectivity index (χ0v) is 13.4. The lowest BCUT2D eigenvalue weighted by Crippen LogP contribution is -2.34. The van der Waals surface area contributed by atoms with Gasteiger partial charge in [-0.05, 0) is 42.5 Å². The lowest BCUT2D eigenvalue weighted by molar-refractivity contribution is 0.0978. The minimum absolute atomic E-state index is 0.0842. The van der Waals surface area contributed by atoms with Crippen LogP contribution >= 0.6 is 47.0 Å². The number of thiocarbonyl (C=S) groups is 1. The van der Waals surface area contributed by atoms with Crippen molar-refractivity contribution in [3.63, 3.8) is 0 Å². The predicted octanol–water partition coefficient (Wildman–Crippen LogP) is 4.17. The van der Waals surface area contributed by atoms with E-state index in [1.165, 1.54) is 12.1 Å². The highest BCUT2D eigenvalue weighted by Gasteiger charge is 2.13. The monoisotopic (exact) mass is 359 g/mol. The molecule has 0 aliphatic carbocycles. The molecule has 2 rings (SSSR count). The van der Waals surface area contributed by atoms with E-state index < -0.39 is 5.91 Å². The van der Waals surface area contributed by atoms with Gasteiger partial charge in [0.15, 0.2) is 10.3 Å². The van der Waals surface area contributed by atoms with Gasteiger partial charge < -0.3 is 5.32 Å². The molecule has 2 aromatic rings. The van der Waals surface area contributed by atoms with Gasteiger partial charge in [-0.25, -0.2) is 4.98 Å². The van der Waals surface area contributed by atoms with E-state index >= 15 is 0 Å². The number of anilines is 1. The second-order valence-corrected chi connectivity index (χ2v) is 5.48. The summed E-state index contributed by atoms with van der Waals surface area (Å²) in [5.74, 6) is -0.450. The molecule has 2 N–H and O–H groups in total. The maximum Gasteiger partial charge on any atom is 0.258 e. The first-order valence-electron chi connectivity index (χ1n) is 5.65. The first-order valence-corrected chi connectivity index (χ1v) is 7.19. The number of nitrogens with zero attached hydrogens (tertiary/aromatic N) is 1. The molecule has 0 unspecified atom stereocenters. The lowest BCUT2D eigenvalue weighted by Gasteiger charge is -2.11. The van der Waals surface area contributed by atoms with Gasteiger partial charge in [-0.15, -0.1) is 0 Å². The van der Waals surface area contributed by atoms with Gasteiger partial charge in [-0.2, -0.15) is 0 Å². The first-order chi connectivity index (χ1) is 9.97. The smallest absolute Gasteiger partial charge is 0.258 e. The third-order valence-electron chi connectivity index (χ3n) is 2.41. The van der Waals surface area contributed by atoms with Gasteiger partial charge in [-0.3, -0.25) is 10.1 Å². The summed E-state index contributed by atoms with van der Waals surface area (Å²) in [5.41, 5.74) is 0.758. The number of carbonyl (C=O) groups is 1. The molecule has 0 fully saturated rings. The summed E-state index contributed by atoms with van der Waals surface area (Å²) >= 11 is 22.7. The molecule has 0 bridgehead atoms. The second kappa shape index (κ2) is 7.04. The molecule has 108 valence electrons. The van der Waals surface area contributed by atoms with Gasteiger partial charge >= 0.3 is 0 Å². The van der Waals surface area contributed by atoms with Crippen LogP contribution in [0.4, 0.5) is 5.69 Å². The maximum atomic E-state index is 12.0. The third kappa shape index (κ3) is 4.28. The molecule has 8 heteroatoms. The maximum absolute atomic E-state index is 12.0. The van der Waals surface area contributed by atoms with Crippen LogP contribution in [0.2, 0.25) is 15.2 Å². The van der Waals surface area contributed by atoms with Crippen LogP contribution in [-0.2, 0) is 0 Å².